The van der Waals surface area contributed by atoms with E-state index in [0.29, 0.717) is 0 Å². The van der Waals surface area contributed by atoms with E-state index >= 15 is 0 Å². The van der Waals surface area contributed by atoms with E-state index < -0.39 is 12.1 Å². The topological polar surface area (TPSA) is 73.7 Å². The van der Waals surface area contributed by atoms with Crippen LogP contribution in [0, 0.1) is 6.92 Å². The maximum Gasteiger partial charge on any atom is 0.490 e. The number of benzene rings is 1. The predicted octanol–water partition coefficient (Wildman–Crippen LogP) is 3.78. The van der Waals surface area contributed by atoms with Crippen molar-refractivity contribution in [3.05, 3.63) is 40.8 Å². The number of aryl methyl sites for hydroxylation is 1. The van der Waals surface area contributed by atoms with Crippen LogP contribution in [0.3, 0.4) is 0 Å². The molecule has 1 aromatic carbocycles. The molecule has 1 N–H and O–H groups in total. The highest BCUT2D eigenvalue weighted by molar-refractivity contribution is 7.20. The molecule has 6 nitrogen and oxygen atoms in total. The van der Waals surface area contributed by atoms with Gasteiger partial charge in [0.1, 0.15) is 4.83 Å². The van der Waals surface area contributed by atoms with Gasteiger partial charge in [0, 0.05) is 37.0 Å². The van der Waals surface area contributed by atoms with E-state index in [1.807, 2.05) is 17.0 Å². The molecule has 1 aliphatic rings. The number of alkyl halides is 3. The number of aromatic nitrogens is 1. The number of hydrogen-bond acceptors (Lipinski definition) is 5. The van der Waals surface area contributed by atoms with E-state index in [1.54, 1.807) is 0 Å². The number of thiophene rings is 1. The Balaban J connectivity index is 0.000000318. The van der Waals surface area contributed by atoms with Gasteiger partial charge >= 0.3 is 12.1 Å². The molecule has 3 heterocycles. The third-order valence-electron chi connectivity index (χ3n) is 4.70. The Hall–Kier alpha value is -2.72. The number of carbonyl (C=O) groups excluding carboxylic acids is 1. The minimum absolute atomic E-state index is 0.140. The van der Waals surface area contributed by atoms with Crippen LogP contribution < -0.4 is 0 Å². The average molecular weight is 439 g/mol. The second-order valence-corrected chi connectivity index (χ2v) is 8.12. The zero-order valence-corrected chi connectivity index (χ0v) is 17.2. The van der Waals surface area contributed by atoms with Crippen molar-refractivity contribution in [2.75, 3.05) is 33.2 Å². The van der Waals surface area contributed by atoms with Crippen molar-refractivity contribution >= 4 is 44.3 Å². The third-order valence-corrected chi connectivity index (χ3v) is 5.73. The molecular weight excluding hydrogens is 419 g/mol. The van der Waals surface area contributed by atoms with Crippen LogP contribution in [0.2, 0.25) is 0 Å². The Morgan fingerprint density at radius 3 is 2.30 bits per heavy atom. The van der Waals surface area contributed by atoms with Gasteiger partial charge in [0.2, 0.25) is 0 Å². The number of piperazine rings is 1. The minimum atomic E-state index is -5.08. The number of rotatable bonds is 1. The normalized spacial score (nSPS) is 15.2. The van der Waals surface area contributed by atoms with Gasteiger partial charge in [-0.05, 0) is 38.2 Å². The summed E-state index contributed by atoms with van der Waals surface area (Å²) in [6.07, 6.45) is -5.08. The van der Waals surface area contributed by atoms with Crippen molar-refractivity contribution in [2.24, 2.45) is 0 Å². The molecule has 0 unspecified atom stereocenters. The van der Waals surface area contributed by atoms with Gasteiger partial charge in [0.25, 0.3) is 5.91 Å². The van der Waals surface area contributed by atoms with E-state index in [0.717, 1.165) is 52.2 Å². The van der Waals surface area contributed by atoms with E-state index in [9.17, 15) is 18.0 Å². The van der Waals surface area contributed by atoms with Gasteiger partial charge in [0.05, 0.1) is 10.4 Å². The molecule has 0 bridgehead atoms. The maximum absolute atomic E-state index is 12.7. The number of hydrogen-bond donors (Lipinski definition) is 1. The second-order valence-electron chi connectivity index (χ2n) is 7.09. The summed E-state index contributed by atoms with van der Waals surface area (Å²) >= 11 is 1.50. The molecule has 10 heteroatoms. The van der Waals surface area contributed by atoms with Crippen molar-refractivity contribution in [1.82, 2.24) is 14.8 Å². The summed E-state index contributed by atoms with van der Waals surface area (Å²) in [4.78, 5) is 32.3. The number of aliphatic carboxylic acids is 1. The van der Waals surface area contributed by atoms with Crippen LogP contribution in [0.5, 0.6) is 0 Å². The van der Waals surface area contributed by atoms with Crippen molar-refractivity contribution in [3.8, 4) is 0 Å². The smallest absolute Gasteiger partial charge is 0.475 e. The lowest BCUT2D eigenvalue weighted by atomic mass is 10.1. The number of carboxylic acids is 1. The zero-order chi connectivity index (χ0) is 22.1. The molecule has 0 atom stereocenters. The van der Waals surface area contributed by atoms with E-state index in [1.165, 1.54) is 16.9 Å². The lowest BCUT2D eigenvalue weighted by Gasteiger charge is -2.32. The second kappa shape index (κ2) is 8.57. The Morgan fingerprint density at radius 2 is 1.70 bits per heavy atom. The minimum Gasteiger partial charge on any atom is -0.475 e. The lowest BCUT2D eigenvalue weighted by Crippen LogP contribution is -2.46. The molecule has 0 aliphatic carbocycles. The predicted molar refractivity (Wildman–Crippen MR) is 109 cm³/mol. The van der Waals surface area contributed by atoms with Gasteiger partial charge in [-0.1, -0.05) is 11.6 Å². The van der Waals surface area contributed by atoms with Crippen LogP contribution >= 0.6 is 11.3 Å². The van der Waals surface area contributed by atoms with Crippen LogP contribution in [0.25, 0.3) is 21.1 Å². The summed E-state index contributed by atoms with van der Waals surface area (Å²) in [6, 6.07) is 10.4. The third kappa shape index (κ3) is 5.06. The fraction of sp³-hybridized carbons (Fsp3) is 0.350. The molecular formula is C20H20F3N3O3S. The first-order chi connectivity index (χ1) is 14.0. The Labute approximate surface area is 174 Å². The summed E-state index contributed by atoms with van der Waals surface area (Å²) < 4.78 is 31.7. The summed E-state index contributed by atoms with van der Waals surface area (Å²) in [5, 5.41) is 9.32. The standard InChI is InChI=1S/C18H19N3OS.C2HF3O2/c1-12-3-4-15-13(9-12)10-14-11-16(23-17(14)19-15)18(22)21-7-5-20(2)6-8-21;3-2(4,5)1(6)7/h3-4,9-11H,5-8H2,1-2H3;(H,6,7). The van der Waals surface area contributed by atoms with Gasteiger partial charge in [-0.15, -0.1) is 11.3 Å². The van der Waals surface area contributed by atoms with E-state index in [-0.39, 0.29) is 5.91 Å². The van der Waals surface area contributed by atoms with Crippen LogP contribution in [-0.2, 0) is 4.79 Å². The first-order valence-electron chi connectivity index (χ1n) is 9.13. The van der Waals surface area contributed by atoms with Crippen LogP contribution in [0.4, 0.5) is 13.2 Å². The SMILES string of the molecule is Cc1ccc2nc3sc(C(=O)N4CCN(C)CC4)cc3cc2c1.O=C(O)C(F)(F)F. The van der Waals surface area contributed by atoms with Gasteiger partial charge in [-0.25, -0.2) is 9.78 Å². The molecule has 0 saturated carbocycles. The van der Waals surface area contributed by atoms with Gasteiger partial charge in [0.15, 0.2) is 0 Å². The quantitative estimate of drug-likeness (QED) is 0.625. The highest BCUT2D eigenvalue weighted by Gasteiger charge is 2.38. The van der Waals surface area contributed by atoms with Crippen molar-refractivity contribution in [3.63, 3.8) is 0 Å². The summed E-state index contributed by atoms with van der Waals surface area (Å²) in [6.45, 7) is 5.58. The average Bonchev–Trinajstić information content (AvgIpc) is 3.08. The van der Waals surface area contributed by atoms with Gasteiger partial charge in [-0.2, -0.15) is 13.2 Å². The van der Waals surface area contributed by atoms with Gasteiger partial charge in [-0.3, -0.25) is 4.79 Å². The number of halogens is 3. The van der Waals surface area contributed by atoms with E-state index in [2.05, 4.69) is 37.1 Å². The number of amides is 1. The molecule has 1 fully saturated rings. The van der Waals surface area contributed by atoms with Crippen LogP contribution in [0.1, 0.15) is 15.2 Å². The van der Waals surface area contributed by atoms with Gasteiger partial charge < -0.3 is 14.9 Å². The molecule has 1 saturated heterocycles. The number of pyridine rings is 1. The molecule has 4 rings (SSSR count). The maximum atomic E-state index is 12.7. The number of likely N-dealkylation sites (N-methyl/N-ethyl adjacent to an activating group) is 1. The van der Waals surface area contributed by atoms with Crippen molar-refractivity contribution < 1.29 is 27.9 Å². The number of nitrogens with zero attached hydrogens (tertiary/aromatic N) is 3. The van der Waals surface area contributed by atoms with E-state index in [4.69, 9.17) is 14.9 Å². The zero-order valence-electron chi connectivity index (χ0n) is 16.4. The molecule has 0 radical (unpaired) electrons. The van der Waals surface area contributed by atoms with Crippen LogP contribution in [-0.4, -0.2) is 71.2 Å². The highest BCUT2D eigenvalue weighted by Crippen LogP contribution is 2.29. The van der Waals surface area contributed by atoms with Crippen molar-refractivity contribution in [2.45, 2.75) is 13.1 Å². The monoisotopic (exact) mass is 439 g/mol. The number of carboxylic acid groups (broad SMARTS) is 1. The molecule has 1 aliphatic heterocycles. The lowest BCUT2D eigenvalue weighted by molar-refractivity contribution is -0.192. The molecule has 1 amide bonds. The molecule has 0 spiro atoms. The fourth-order valence-electron chi connectivity index (χ4n) is 3.03. The Bertz CT molecular complexity index is 1090. The fourth-order valence-corrected chi connectivity index (χ4v) is 4.02. The van der Waals surface area contributed by atoms with Crippen LogP contribution in [0.15, 0.2) is 30.3 Å². The molecule has 3 aromatic rings. The molecule has 30 heavy (non-hydrogen) atoms. The highest BCUT2D eigenvalue weighted by atomic mass is 32.1. The Kier molecular flexibility index (Phi) is 6.27. The molecule has 160 valence electrons. The number of carbonyl (C=O) groups is 2. The number of fused-ring (bicyclic) bond motifs is 2. The first-order valence-corrected chi connectivity index (χ1v) is 9.95. The summed E-state index contributed by atoms with van der Waals surface area (Å²) in [7, 11) is 2.10. The van der Waals surface area contributed by atoms with Crippen molar-refractivity contribution in [1.29, 1.82) is 0 Å². The Morgan fingerprint density at radius 1 is 1.07 bits per heavy atom. The summed E-state index contributed by atoms with van der Waals surface area (Å²) in [5.41, 5.74) is 2.21. The molecule has 2 aromatic heterocycles. The largest absolute Gasteiger partial charge is 0.490 e. The first kappa shape index (κ1) is 22.0. The summed E-state index contributed by atoms with van der Waals surface area (Å²) in [5.74, 6) is -2.62.